The molecule has 2 aliphatic rings. The van der Waals surface area contributed by atoms with E-state index < -0.39 is 0 Å². The van der Waals surface area contributed by atoms with E-state index in [9.17, 15) is 4.79 Å². The molecular formula is C20H28N4O2. The number of amides is 2. The lowest BCUT2D eigenvalue weighted by molar-refractivity contribution is 0.0249. The Morgan fingerprint density at radius 2 is 2.08 bits per heavy atom. The van der Waals surface area contributed by atoms with Gasteiger partial charge in [0.05, 0.1) is 19.8 Å². The summed E-state index contributed by atoms with van der Waals surface area (Å²) in [6, 6.07) is 10.3. The average Bonchev–Trinajstić information content (AvgIpc) is 3.10. The number of nitrogens with one attached hydrogen (secondary N) is 2. The van der Waals surface area contributed by atoms with Crippen molar-refractivity contribution in [2.45, 2.75) is 19.4 Å². The molecule has 140 valence electrons. The van der Waals surface area contributed by atoms with Crippen LogP contribution in [0.2, 0.25) is 0 Å². The number of carbonyl (C=O) groups is 1. The van der Waals surface area contributed by atoms with Crippen molar-refractivity contribution in [2.24, 2.45) is 5.92 Å². The molecule has 2 fully saturated rings. The van der Waals surface area contributed by atoms with Gasteiger partial charge in [0.1, 0.15) is 0 Å². The summed E-state index contributed by atoms with van der Waals surface area (Å²) in [5, 5.41) is 4.26. The molecule has 2 amide bonds. The fourth-order valence-electron chi connectivity index (χ4n) is 4.06. The zero-order chi connectivity index (χ0) is 17.8. The predicted molar refractivity (Wildman–Crippen MR) is 102 cm³/mol. The van der Waals surface area contributed by atoms with E-state index in [0.717, 1.165) is 63.6 Å². The van der Waals surface area contributed by atoms with E-state index in [-0.39, 0.29) is 6.03 Å². The molecule has 1 aromatic carbocycles. The normalized spacial score (nSPS) is 21.8. The van der Waals surface area contributed by atoms with E-state index in [0.29, 0.717) is 12.5 Å². The molecule has 4 rings (SSSR count). The third-order valence-electron chi connectivity index (χ3n) is 5.44. The Balaban J connectivity index is 1.28. The summed E-state index contributed by atoms with van der Waals surface area (Å²) in [7, 11) is 0. The van der Waals surface area contributed by atoms with Crippen LogP contribution < -0.4 is 5.32 Å². The molecule has 0 radical (unpaired) electrons. The first-order valence-electron chi connectivity index (χ1n) is 9.67. The highest BCUT2D eigenvalue weighted by Gasteiger charge is 2.25. The highest BCUT2D eigenvalue weighted by atomic mass is 16.5. The number of H-pyrrole nitrogens is 1. The zero-order valence-electron chi connectivity index (χ0n) is 15.2. The van der Waals surface area contributed by atoms with Gasteiger partial charge in [-0.15, -0.1) is 0 Å². The highest BCUT2D eigenvalue weighted by Crippen LogP contribution is 2.19. The van der Waals surface area contributed by atoms with Crippen LogP contribution >= 0.6 is 0 Å². The Labute approximate surface area is 154 Å². The molecule has 3 heterocycles. The topological polar surface area (TPSA) is 60.6 Å². The van der Waals surface area contributed by atoms with Crippen LogP contribution in [0.5, 0.6) is 0 Å². The Hall–Kier alpha value is -2.05. The van der Waals surface area contributed by atoms with Crippen LogP contribution in [0.25, 0.3) is 10.9 Å². The fraction of sp³-hybridized carbons (Fsp3) is 0.550. The summed E-state index contributed by atoms with van der Waals surface area (Å²) in [6.45, 7) is 7.04. The first kappa shape index (κ1) is 17.4. The van der Waals surface area contributed by atoms with Crippen molar-refractivity contribution in [3.8, 4) is 0 Å². The van der Waals surface area contributed by atoms with Crippen LogP contribution in [0.4, 0.5) is 4.79 Å². The second-order valence-corrected chi connectivity index (χ2v) is 7.41. The van der Waals surface area contributed by atoms with Gasteiger partial charge in [-0.05, 0) is 36.3 Å². The van der Waals surface area contributed by atoms with Crippen LogP contribution in [0.1, 0.15) is 18.5 Å². The first-order chi connectivity index (χ1) is 12.8. The van der Waals surface area contributed by atoms with Gasteiger partial charge < -0.3 is 19.9 Å². The molecular weight excluding hydrogens is 328 g/mol. The monoisotopic (exact) mass is 356 g/mol. The number of ether oxygens (including phenoxy) is 1. The largest absolute Gasteiger partial charge is 0.379 e. The van der Waals surface area contributed by atoms with Gasteiger partial charge in [-0.3, -0.25) is 4.90 Å². The number of hydrogen-bond donors (Lipinski definition) is 2. The van der Waals surface area contributed by atoms with E-state index >= 15 is 0 Å². The number of benzene rings is 1. The van der Waals surface area contributed by atoms with Crippen molar-refractivity contribution in [3.63, 3.8) is 0 Å². The molecule has 0 aliphatic carbocycles. The van der Waals surface area contributed by atoms with Crippen molar-refractivity contribution < 1.29 is 9.53 Å². The second kappa shape index (κ2) is 8.10. The molecule has 26 heavy (non-hydrogen) atoms. The number of para-hydroxylation sites is 1. The van der Waals surface area contributed by atoms with Crippen molar-refractivity contribution in [1.82, 2.24) is 20.1 Å². The number of carbonyl (C=O) groups excluding carboxylic acids is 1. The van der Waals surface area contributed by atoms with Crippen LogP contribution in [0.3, 0.4) is 0 Å². The van der Waals surface area contributed by atoms with Gasteiger partial charge in [-0.2, -0.15) is 0 Å². The van der Waals surface area contributed by atoms with E-state index in [2.05, 4.69) is 33.4 Å². The van der Waals surface area contributed by atoms with Gasteiger partial charge >= 0.3 is 6.03 Å². The molecule has 0 saturated carbocycles. The Bertz CT molecular complexity index is 705. The predicted octanol–water partition coefficient (Wildman–Crippen LogP) is 2.42. The Morgan fingerprint density at radius 3 is 2.92 bits per heavy atom. The molecule has 2 N–H and O–H groups in total. The first-order valence-corrected chi connectivity index (χ1v) is 9.67. The molecule has 6 nitrogen and oxygen atoms in total. The van der Waals surface area contributed by atoms with Gasteiger partial charge in [0.2, 0.25) is 0 Å². The van der Waals surface area contributed by atoms with Crippen LogP contribution in [-0.2, 0) is 11.3 Å². The van der Waals surface area contributed by atoms with Crippen LogP contribution in [-0.4, -0.2) is 66.8 Å². The van der Waals surface area contributed by atoms with Crippen LogP contribution in [0, 0.1) is 5.92 Å². The average molecular weight is 356 g/mol. The van der Waals surface area contributed by atoms with Gasteiger partial charge in [-0.1, -0.05) is 18.2 Å². The summed E-state index contributed by atoms with van der Waals surface area (Å²) >= 11 is 0. The minimum Gasteiger partial charge on any atom is -0.379 e. The number of hydrogen-bond acceptors (Lipinski definition) is 3. The third kappa shape index (κ3) is 4.19. The number of rotatable bonds is 4. The standard InChI is InChI=1S/C20H28N4O2/c25-20(21-13-18-12-17-5-1-2-6-19(17)22-18)24-7-3-4-16(15-24)14-23-8-10-26-11-9-23/h1-2,5-6,12,16,22H,3-4,7-11,13-15H2,(H,21,25)/t16-/m1/s1. The number of likely N-dealkylation sites (tertiary alicyclic amines) is 1. The van der Waals surface area contributed by atoms with E-state index in [4.69, 9.17) is 4.74 Å². The number of aromatic nitrogens is 1. The quantitative estimate of drug-likeness (QED) is 0.884. The summed E-state index contributed by atoms with van der Waals surface area (Å²) in [6.07, 6.45) is 2.30. The minimum atomic E-state index is 0.0512. The lowest BCUT2D eigenvalue weighted by Crippen LogP contribution is -2.48. The van der Waals surface area contributed by atoms with Gasteiger partial charge in [0, 0.05) is 43.9 Å². The highest BCUT2D eigenvalue weighted by molar-refractivity contribution is 5.80. The lowest BCUT2D eigenvalue weighted by Gasteiger charge is -2.36. The van der Waals surface area contributed by atoms with Gasteiger partial charge in [0.15, 0.2) is 0 Å². The molecule has 0 spiro atoms. The summed E-state index contributed by atoms with van der Waals surface area (Å²) in [4.78, 5) is 20.4. The summed E-state index contributed by atoms with van der Waals surface area (Å²) < 4.78 is 5.42. The number of aromatic amines is 1. The Kier molecular flexibility index (Phi) is 5.41. The number of piperidine rings is 1. The summed E-state index contributed by atoms with van der Waals surface area (Å²) in [5.74, 6) is 0.570. The molecule has 2 saturated heterocycles. The van der Waals surface area contributed by atoms with Gasteiger partial charge in [-0.25, -0.2) is 4.79 Å². The molecule has 1 atom stereocenters. The summed E-state index contributed by atoms with van der Waals surface area (Å²) in [5.41, 5.74) is 2.15. The number of urea groups is 1. The smallest absolute Gasteiger partial charge is 0.317 e. The third-order valence-corrected chi connectivity index (χ3v) is 5.44. The number of fused-ring (bicyclic) bond motifs is 1. The molecule has 0 bridgehead atoms. The van der Waals surface area contributed by atoms with Crippen LogP contribution in [0.15, 0.2) is 30.3 Å². The van der Waals surface area contributed by atoms with E-state index in [1.165, 1.54) is 11.8 Å². The number of nitrogens with zero attached hydrogens (tertiary/aromatic N) is 2. The molecule has 0 unspecified atom stereocenters. The maximum absolute atomic E-state index is 12.6. The van der Waals surface area contributed by atoms with E-state index in [1.54, 1.807) is 0 Å². The fourth-order valence-corrected chi connectivity index (χ4v) is 4.06. The molecule has 2 aliphatic heterocycles. The van der Waals surface area contributed by atoms with Gasteiger partial charge in [0.25, 0.3) is 0 Å². The van der Waals surface area contributed by atoms with Crippen molar-refractivity contribution in [1.29, 1.82) is 0 Å². The van der Waals surface area contributed by atoms with E-state index in [1.807, 2.05) is 17.0 Å². The van der Waals surface area contributed by atoms with Crippen molar-refractivity contribution in [2.75, 3.05) is 45.9 Å². The molecule has 2 aromatic rings. The van der Waals surface area contributed by atoms with Crippen molar-refractivity contribution in [3.05, 3.63) is 36.0 Å². The lowest BCUT2D eigenvalue weighted by atomic mass is 9.97. The zero-order valence-corrected chi connectivity index (χ0v) is 15.2. The maximum atomic E-state index is 12.6. The molecule has 1 aromatic heterocycles. The van der Waals surface area contributed by atoms with Crippen molar-refractivity contribution >= 4 is 16.9 Å². The number of morpholine rings is 1. The maximum Gasteiger partial charge on any atom is 0.317 e. The second-order valence-electron chi connectivity index (χ2n) is 7.41. The molecule has 6 heteroatoms. The Morgan fingerprint density at radius 1 is 1.23 bits per heavy atom. The minimum absolute atomic E-state index is 0.0512. The SMILES string of the molecule is O=C(NCc1cc2ccccc2[nH]1)N1CCC[C@H](CN2CCOCC2)C1.